The maximum Gasteiger partial charge on any atom is 0.101 e. The van der Waals surface area contributed by atoms with Gasteiger partial charge in [0.1, 0.15) is 6.07 Å². The highest BCUT2D eigenvalue weighted by atomic mass is 35.5. The number of rotatable bonds is 2. The molecular weight excluding hydrogens is 186 g/mol. The van der Waals surface area contributed by atoms with Gasteiger partial charge in [0.05, 0.1) is 16.3 Å². The first-order chi connectivity index (χ1) is 6.19. The number of hydrazine groups is 1. The Kier molecular flexibility index (Phi) is 3.13. The van der Waals surface area contributed by atoms with Crippen molar-refractivity contribution in [3.63, 3.8) is 0 Å². The second kappa shape index (κ2) is 4.13. The molecular formula is C9H10ClN3. The summed E-state index contributed by atoms with van der Waals surface area (Å²) >= 11 is 5.85. The molecule has 0 aliphatic carbocycles. The highest BCUT2D eigenvalue weighted by molar-refractivity contribution is 6.32. The van der Waals surface area contributed by atoms with Crippen molar-refractivity contribution >= 4 is 17.3 Å². The molecule has 3 nitrogen and oxygen atoms in total. The summed E-state index contributed by atoms with van der Waals surface area (Å²) in [6.45, 7) is 0. The fourth-order valence-corrected chi connectivity index (χ4v) is 1.15. The number of halogens is 1. The number of nitriles is 1. The number of nitrogens with zero attached hydrogens (tertiary/aromatic N) is 2. The van der Waals surface area contributed by atoms with Crippen LogP contribution >= 0.6 is 11.6 Å². The van der Waals surface area contributed by atoms with E-state index in [1.54, 1.807) is 12.1 Å². The predicted molar refractivity (Wildman–Crippen MR) is 53.6 cm³/mol. The molecule has 1 aromatic carbocycles. The van der Waals surface area contributed by atoms with E-state index in [-0.39, 0.29) is 0 Å². The van der Waals surface area contributed by atoms with Crippen molar-refractivity contribution in [3.8, 4) is 6.07 Å². The van der Waals surface area contributed by atoms with Crippen LogP contribution in [0.5, 0.6) is 0 Å². The van der Waals surface area contributed by atoms with Crippen LogP contribution in [0.2, 0.25) is 5.02 Å². The summed E-state index contributed by atoms with van der Waals surface area (Å²) in [6.07, 6.45) is 0. The molecule has 0 unspecified atom stereocenters. The molecule has 1 rings (SSSR count). The Labute approximate surface area is 82.5 Å². The summed E-state index contributed by atoms with van der Waals surface area (Å²) in [4.78, 5) is 0. The minimum absolute atomic E-state index is 0.474. The van der Waals surface area contributed by atoms with Gasteiger partial charge in [0.2, 0.25) is 0 Å². The predicted octanol–water partition coefficient (Wildman–Crippen LogP) is 1.78. The number of hydrogen-bond donors (Lipinski definition) is 1. The molecule has 1 aromatic rings. The smallest absolute Gasteiger partial charge is 0.101 e. The standard InChI is InChI=1S/C9H10ClN3/c1-12-13(2)8-4-3-7(6-11)9(10)5-8/h3-5,12H,1-2H3. The van der Waals surface area contributed by atoms with Crippen molar-refractivity contribution in [2.45, 2.75) is 0 Å². The fourth-order valence-electron chi connectivity index (χ4n) is 0.932. The van der Waals surface area contributed by atoms with Gasteiger partial charge in [-0.3, -0.25) is 0 Å². The van der Waals surface area contributed by atoms with Crippen LogP contribution in [0.3, 0.4) is 0 Å². The quantitative estimate of drug-likeness (QED) is 0.732. The van der Waals surface area contributed by atoms with Gasteiger partial charge in [-0.15, -0.1) is 0 Å². The van der Waals surface area contributed by atoms with Crippen LogP contribution < -0.4 is 10.4 Å². The van der Waals surface area contributed by atoms with Crippen LogP contribution in [0.25, 0.3) is 0 Å². The Bertz CT molecular complexity index is 343. The lowest BCUT2D eigenvalue weighted by Gasteiger charge is -2.17. The second-order valence-electron chi connectivity index (χ2n) is 2.56. The Morgan fingerprint density at radius 1 is 1.54 bits per heavy atom. The summed E-state index contributed by atoms with van der Waals surface area (Å²) in [7, 11) is 3.68. The monoisotopic (exact) mass is 195 g/mol. The molecule has 0 aliphatic heterocycles. The highest BCUT2D eigenvalue weighted by Gasteiger charge is 2.02. The second-order valence-corrected chi connectivity index (χ2v) is 2.97. The van der Waals surface area contributed by atoms with Gasteiger partial charge in [0.25, 0.3) is 0 Å². The summed E-state index contributed by atoms with van der Waals surface area (Å²) in [6, 6.07) is 7.29. The van der Waals surface area contributed by atoms with Gasteiger partial charge in [-0.25, -0.2) is 5.43 Å². The topological polar surface area (TPSA) is 39.1 Å². The van der Waals surface area contributed by atoms with Crippen LogP contribution in [0.4, 0.5) is 5.69 Å². The average Bonchev–Trinajstić information content (AvgIpc) is 2.16. The van der Waals surface area contributed by atoms with E-state index in [0.29, 0.717) is 10.6 Å². The molecule has 68 valence electrons. The zero-order valence-corrected chi connectivity index (χ0v) is 8.26. The Hall–Kier alpha value is -1.24. The van der Waals surface area contributed by atoms with E-state index in [4.69, 9.17) is 16.9 Å². The highest BCUT2D eigenvalue weighted by Crippen LogP contribution is 2.21. The third kappa shape index (κ3) is 2.11. The van der Waals surface area contributed by atoms with E-state index >= 15 is 0 Å². The zero-order valence-electron chi connectivity index (χ0n) is 7.50. The number of nitrogens with one attached hydrogen (secondary N) is 1. The molecule has 4 heteroatoms. The molecule has 0 amide bonds. The van der Waals surface area contributed by atoms with Crippen molar-refractivity contribution < 1.29 is 0 Å². The summed E-state index contributed by atoms with van der Waals surface area (Å²) in [5, 5.41) is 10.9. The lowest BCUT2D eigenvalue weighted by molar-refractivity contribution is 0.791. The van der Waals surface area contributed by atoms with Crippen molar-refractivity contribution in [3.05, 3.63) is 28.8 Å². The van der Waals surface area contributed by atoms with Gasteiger partial charge in [-0.2, -0.15) is 5.26 Å². The lowest BCUT2D eigenvalue weighted by Crippen LogP contribution is -2.30. The summed E-state index contributed by atoms with van der Waals surface area (Å²) in [5.74, 6) is 0. The van der Waals surface area contributed by atoms with E-state index in [2.05, 4.69) is 5.43 Å². The molecule has 0 saturated heterocycles. The normalized spacial score (nSPS) is 9.38. The van der Waals surface area contributed by atoms with Crippen LogP contribution in [0.1, 0.15) is 5.56 Å². The minimum atomic E-state index is 0.474. The third-order valence-electron chi connectivity index (χ3n) is 1.80. The van der Waals surface area contributed by atoms with Gasteiger partial charge in [-0.1, -0.05) is 11.6 Å². The van der Waals surface area contributed by atoms with Crippen LogP contribution in [-0.2, 0) is 0 Å². The maximum atomic E-state index is 8.64. The molecule has 0 spiro atoms. The molecule has 0 fully saturated rings. The van der Waals surface area contributed by atoms with Crippen molar-refractivity contribution in [2.24, 2.45) is 0 Å². The average molecular weight is 196 g/mol. The van der Waals surface area contributed by atoms with E-state index in [1.807, 2.05) is 31.2 Å². The number of hydrogen-bond acceptors (Lipinski definition) is 3. The first-order valence-electron chi connectivity index (χ1n) is 3.80. The van der Waals surface area contributed by atoms with E-state index < -0.39 is 0 Å². The van der Waals surface area contributed by atoms with Gasteiger partial charge in [0.15, 0.2) is 0 Å². The van der Waals surface area contributed by atoms with Crippen molar-refractivity contribution in [1.82, 2.24) is 5.43 Å². The molecule has 0 bridgehead atoms. The number of anilines is 1. The van der Waals surface area contributed by atoms with Crippen LogP contribution in [-0.4, -0.2) is 14.1 Å². The summed E-state index contributed by atoms with van der Waals surface area (Å²) < 4.78 is 0. The molecule has 1 N–H and O–H groups in total. The Morgan fingerprint density at radius 2 is 2.23 bits per heavy atom. The molecule has 0 saturated carbocycles. The van der Waals surface area contributed by atoms with Gasteiger partial charge in [0, 0.05) is 14.1 Å². The molecule has 0 aliphatic rings. The molecule has 0 atom stereocenters. The third-order valence-corrected chi connectivity index (χ3v) is 2.11. The number of benzene rings is 1. The Balaban J connectivity index is 3.04. The van der Waals surface area contributed by atoms with E-state index in [1.165, 1.54) is 0 Å². The largest absolute Gasteiger partial charge is 0.312 e. The summed E-state index contributed by atoms with van der Waals surface area (Å²) in [5.41, 5.74) is 4.36. The van der Waals surface area contributed by atoms with Crippen LogP contribution in [0.15, 0.2) is 18.2 Å². The maximum absolute atomic E-state index is 8.64. The van der Waals surface area contributed by atoms with Gasteiger partial charge in [-0.05, 0) is 18.2 Å². The van der Waals surface area contributed by atoms with Gasteiger partial charge < -0.3 is 5.01 Å². The molecule has 0 aromatic heterocycles. The molecule has 0 heterocycles. The SMILES string of the molecule is CNN(C)c1ccc(C#N)c(Cl)c1. The minimum Gasteiger partial charge on any atom is -0.312 e. The van der Waals surface area contributed by atoms with Crippen LogP contribution in [0, 0.1) is 11.3 Å². The van der Waals surface area contributed by atoms with Crippen molar-refractivity contribution in [1.29, 1.82) is 5.26 Å². The zero-order chi connectivity index (χ0) is 9.84. The lowest BCUT2D eigenvalue weighted by atomic mass is 10.2. The van der Waals surface area contributed by atoms with Gasteiger partial charge >= 0.3 is 0 Å². The van der Waals surface area contributed by atoms with E-state index in [0.717, 1.165) is 5.69 Å². The molecule has 0 radical (unpaired) electrons. The van der Waals surface area contributed by atoms with E-state index in [9.17, 15) is 0 Å². The first kappa shape index (κ1) is 9.85. The molecule has 13 heavy (non-hydrogen) atoms. The Morgan fingerprint density at radius 3 is 2.69 bits per heavy atom. The van der Waals surface area contributed by atoms with Crippen molar-refractivity contribution in [2.75, 3.05) is 19.1 Å². The first-order valence-corrected chi connectivity index (χ1v) is 4.17. The fraction of sp³-hybridized carbons (Fsp3) is 0.222.